The highest BCUT2D eigenvalue weighted by atomic mass is 32.1. The molecular formula is C27H19FN2O4S. The summed E-state index contributed by atoms with van der Waals surface area (Å²) in [4.78, 5) is 33.6. The second-order valence-corrected chi connectivity index (χ2v) is 9.37. The molecular weight excluding hydrogens is 467 g/mol. The molecule has 0 bridgehead atoms. The average Bonchev–Trinajstić information content (AvgIpc) is 3.38. The van der Waals surface area contributed by atoms with Crippen LogP contribution in [-0.2, 0) is 0 Å². The number of hydrogen-bond donors (Lipinski definition) is 0. The van der Waals surface area contributed by atoms with Gasteiger partial charge in [-0.05, 0) is 61.9 Å². The number of nitrogens with zero attached hydrogens (tertiary/aromatic N) is 2. The van der Waals surface area contributed by atoms with E-state index in [1.54, 1.807) is 18.2 Å². The van der Waals surface area contributed by atoms with Crippen molar-refractivity contribution in [3.05, 3.63) is 99.2 Å². The predicted octanol–water partition coefficient (Wildman–Crippen LogP) is 6.00. The van der Waals surface area contributed by atoms with Crippen LogP contribution in [0, 0.1) is 12.7 Å². The van der Waals surface area contributed by atoms with Crippen LogP contribution in [0.4, 0.5) is 9.52 Å². The molecule has 1 aliphatic heterocycles. The first kappa shape index (κ1) is 21.5. The number of benzene rings is 3. The number of halogens is 1. The molecule has 1 aliphatic rings. The minimum atomic E-state index is -0.774. The number of amides is 1. The first-order chi connectivity index (χ1) is 16.9. The quantitative estimate of drug-likeness (QED) is 0.312. The van der Waals surface area contributed by atoms with Crippen molar-refractivity contribution in [1.82, 2.24) is 4.98 Å². The highest BCUT2D eigenvalue weighted by molar-refractivity contribution is 7.22. The van der Waals surface area contributed by atoms with Crippen molar-refractivity contribution in [1.29, 1.82) is 0 Å². The number of aromatic nitrogens is 1. The molecule has 0 saturated heterocycles. The second kappa shape index (κ2) is 8.02. The monoisotopic (exact) mass is 486 g/mol. The number of thiazole rings is 1. The maximum absolute atomic E-state index is 13.8. The number of ether oxygens (including phenoxy) is 1. The van der Waals surface area contributed by atoms with Crippen LogP contribution in [0.3, 0.4) is 0 Å². The maximum Gasteiger partial charge on any atom is 0.297 e. The summed E-state index contributed by atoms with van der Waals surface area (Å²) in [5, 5.41) is 0.768. The van der Waals surface area contributed by atoms with Crippen LogP contribution in [0.15, 0.2) is 69.9 Å². The number of anilines is 1. The van der Waals surface area contributed by atoms with Gasteiger partial charge in [0, 0.05) is 0 Å². The fourth-order valence-corrected chi connectivity index (χ4v) is 5.55. The molecule has 0 unspecified atom stereocenters. The number of carbonyl (C=O) groups is 1. The van der Waals surface area contributed by atoms with E-state index < -0.39 is 11.9 Å². The van der Waals surface area contributed by atoms with Gasteiger partial charge in [-0.2, -0.15) is 0 Å². The highest BCUT2D eigenvalue weighted by Crippen LogP contribution is 2.44. The van der Waals surface area contributed by atoms with E-state index in [2.05, 4.69) is 4.98 Å². The molecule has 8 heteroatoms. The zero-order valence-electron chi connectivity index (χ0n) is 18.9. The van der Waals surface area contributed by atoms with Gasteiger partial charge in [0.15, 0.2) is 10.6 Å². The lowest BCUT2D eigenvalue weighted by Crippen LogP contribution is -2.29. The summed E-state index contributed by atoms with van der Waals surface area (Å²) < 4.78 is 26.2. The normalized spacial score (nSPS) is 15.2. The topological polar surface area (TPSA) is 72.6 Å². The van der Waals surface area contributed by atoms with E-state index >= 15 is 0 Å². The van der Waals surface area contributed by atoms with Crippen molar-refractivity contribution in [2.75, 3.05) is 11.5 Å². The van der Waals surface area contributed by atoms with Crippen molar-refractivity contribution >= 4 is 43.6 Å². The lowest BCUT2D eigenvalue weighted by atomic mass is 9.98. The molecule has 1 amide bonds. The van der Waals surface area contributed by atoms with Crippen molar-refractivity contribution in [3.63, 3.8) is 0 Å². The molecule has 6 nitrogen and oxygen atoms in total. The number of aryl methyl sites for hydroxylation is 1. The van der Waals surface area contributed by atoms with Crippen molar-refractivity contribution in [2.24, 2.45) is 0 Å². The van der Waals surface area contributed by atoms with Gasteiger partial charge < -0.3 is 9.15 Å². The Hall–Kier alpha value is -4.04. The van der Waals surface area contributed by atoms with E-state index in [4.69, 9.17) is 9.15 Å². The van der Waals surface area contributed by atoms with E-state index in [1.165, 1.54) is 28.4 Å². The van der Waals surface area contributed by atoms with Gasteiger partial charge in [0.25, 0.3) is 5.91 Å². The van der Waals surface area contributed by atoms with Crippen LogP contribution in [-0.4, -0.2) is 17.5 Å². The van der Waals surface area contributed by atoms with Crippen LogP contribution in [0.25, 0.3) is 21.2 Å². The Morgan fingerprint density at radius 1 is 1.11 bits per heavy atom. The molecule has 2 aromatic heterocycles. The van der Waals surface area contributed by atoms with E-state index in [9.17, 15) is 14.0 Å². The van der Waals surface area contributed by atoms with Gasteiger partial charge >= 0.3 is 0 Å². The fraction of sp³-hybridized carbons (Fsp3) is 0.148. The summed E-state index contributed by atoms with van der Waals surface area (Å²) in [6.45, 7) is 4.26. The lowest BCUT2D eigenvalue weighted by Gasteiger charge is -2.23. The van der Waals surface area contributed by atoms with Crippen LogP contribution in [0.1, 0.15) is 40.2 Å². The SMILES string of the molecule is CCOc1cccc([C@@H]2c3c(oc4ccc(C)cc4c3=O)C(=O)N2c2nc3ccc(F)cc3s2)c1. The van der Waals surface area contributed by atoms with Crippen molar-refractivity contribution in [2.45, 2.75) is 19.9 Å². The molecule has 174 valence electrons. The van der Waals surface area contributed by atoms with Gasteiger partial charge in [-0.15, -0.1) is 0 Å². The largest absolute Gasteiger partial charge is 0.494 e. The molecule has 0 radical (unpaired) electrons. The Labute approximate surface area is 203 Å². The summed E-state index contributed by atoms with van der Waals surface area (Å²) in [7, 11) is 0. The molecule has 0 N–H and O–H groups in total. The van der Waals surface area contributed by atoms with Gasteiger partial charge in [-0.3, -0.25) is 14.5 Å². The summed E-state index contributed by atoms with van der Waals surface area (Å²) in [6.07, 6.45) is 0. The average molecular weight is 487 g/mol. The molecule has 0 saturated carbocycles. The molecule has 0 fully saturated rings. The van der Waals surface area contributed by atoms with Gasteiger partial charge in [0.2, 0.25) is 5.76 Å². The Morgan fingerprint density at radius 3 is 2.80 bits per heavy atom. The van der Waals surface area contributed by atoms with Gasteiger partial charge in [0.1, 0.15) is 17.1 Å². The summed E-state index contributed by atoms with van der Waals surface area (Å²) in [5.41, 5.74) is 2.51. The predicted molar refractivity (Wildman–Crippen MR) is 133 cm³/mol. The van der Waals surface area contributed by atoms with Crippen molar-refractivity contribution < 1.29 is 18.3 Å². The van der Waals surface area contributed by atoms with Crippen LogP contribution < -0.4 is 15.1 Å². The Morgan fingerprint density at radius 2 is 1.97 bits per heavy atom. The molecule has 0 aliphatic carbocycles. The third-order valence-electron chi connectivity index (χ3n) is 6.06. The Balaban J connectivity index is 1.63. The molecule has 6 rings (SSSR count). The number of carbonyl (C=O) groups excluding carboxylic acids is 1. The van der Waals surface area contributed by atoms with E-state index in [0.29, 0.717) is 44.2 Å². The minimum Gasteiger partial charge on any atom is -0.494 e. The van der Waals surface area contributed by atoms with Crippen LogP contribution in [0.5, 0.6) is 5.75 Å². The zero-order valence-corrected chi connectivity index (χ0v) is 19.7. The van der Waals surface area contributed by atoms with Crippen molar-refractivity contribution in [3.8, 4) is 5.75 Å². The third-order valence-corrected chi connectivity index (χ3v) is 7.07. The molecule has 3 aromatic carbocycles. The van der Waals surface area contributed by atoms with Gasteiger partial charge in [-0.25, -0.2) is 9.37 Å². The number of rotatable bonds is 4. The van der Waals surface area contributed by atoms with Gasteiger partial charge in [0.05, 0.1) is 33.8 Å². The van der Waals surface area contributed by atoms with Crippen LogP contribution >= 0.6 is 11.3 Å². The molecule has 1 atom stereocenters. The zero-order chi connectivity index (χ0) is 24.3. The highest BCUT2D eigenvalue weighted by Gasteiger charge is 2.45. The fourth-order valence-electron chi connectivity index (χ4n) is 4.53. The Kier molecular flexibility index (Phi) is 4.93. The molecule has 3 heterocycles. The second-order valence-electron chi connectivity index (χ2n) is 8.37. The first-order valence-electron chi connectivity index (χ1n) is 11.1. The lowest BCUT2D eigenvalue weighted by molar-refractivity contribution is 0.0971. The molecule has 5 aromatic rings. The Bertz CT molecular complexity index is 1710. The minimum absolute atomic E-state index is 0.0106. The summed E-state index contributed by atoms with van der Waals surface area (Å²) >= 11 is 1.19. The van der Waals surface area contributed by atoms with E-state index in [1.807, 2.05) is 44.2 Å². The molecule has 35 heavy (non-hydrogen) atoms. The first-order valence-corrected chi connectivity index (χ1v) is 12.0. The van der Waals surface area contributed by atoms with E-state index in [-0.39, 0.29) is 22.6 Å². The van der Waals surface area contributed by atoms with Gasteiger partial charge in [-0.1, -0.05) is 35.1 Å². The smallest absolute Gasteiger partial charge is 0.297 e. The maximum atomic E-state index is 13.8. The summed E-state index contributed by atoms with van der Waals surface area (Å²) in [5.74, 6) is -0.240. The number of fused-ring (bicyclic) bond motifs is 3. The summed E-state index contributed by atoms with van der Waals surface area (Å²) in [6, 6.07) is 16.1. The standard InChI is InChI=1S/C27H19FN2O4S/c1-3-33-17-6-4-5-15(12-17)23-22-24(31)18-11-14(2)7-10-20(18)34-25(22)26(32)30(23)27-29-19-9-8-16(28)13-21(19)35-27/h4-13,23H,3H2,1-2H3/t23-/m1/s1. The third kappa shape index (κ3) is 3.40. The van der Waals surface area contributed by atoms with Crippen LogP contribution in [0.2, 0.25) is 0 Å². The molecule has 0 spiro atoms. The van der Waals surface area contributed by atoms with E-state index in [0.717, 1.165) is 5.56 Å². The number of hydrogen-bond acceptors (Lipinski definition) is 6.